The standard InChI is InChI=1S/C34H38ClNO6/c1-6-41-27-13-21(12-22(35)32(27)42-19-20-10-8-7-9-11-20)29-30-23(14-33(2,3)16-25(30)37)36(18-28(39)40)24-15-34(4,5)17-26(38)31(24)29/h7-13,29H,6,14-19H2,1-5H3,(H,39,40). The number of aliphatic carboxylic acids is 1. The number of allylic oxidation sites excluding steroid dienone is 4. The summed E-state index contributed by atoms with van der Waals surface area (Å²) < 4.78 is 12.1. The van der Waals surface area contributed by atoms with E-state index < -0.39 is 11.9 Å². The summed E-state index contributed by atoms with van der Waals surface area (Å²) in [5.74, 6) is -1.02. The molecule has 8 heteroatoms. The highest BCUT2D eigenvalue weighted by Crippen LogP contribution is 2.55. The first kappa shape index (κ1) is 29.9. The lowest BCUT2D eigenvalue weighted by atomic mass is 9.63. The summed E-state index contributed by atoms with van der Waals surface area (Å²) in [4.78, 5) is 41.7. The molecule has 1 N–H and O–H groups in total. The maximum Gasteiger partial charge on any atom is 0.323 e. The number of benzene rings is 2. The number of ether oxygens (including phenoxy) is 2. The number of carbonyl (C=O) groups is 3. The molecule has 0 unspecified atom stereocenters. The third-order valence-electron chi connectivity index (χ3n) is 8.21. The van der Waals surface area contributed by atoms with Gasteiger partial charge in [-0.25, -0.2) is 0 Å². The van der Waals surface area contributed by atoms with E-state index in [-0.39, 0.29) is 28.9 Å². The summed E-state index contributed by atoms with van der Waals surface area (Å²) in [6.45, 7) is 10.3. The van der Waals surface area contributed by atoms with E-state index in [2.05, 4.69) is 0 Å². The van der Waals surface area contributed by atoms with Crippen molar-refractivity contribution in [2.45, 2.75) is 72.8 Å². The molecule has 1 aliphatic heterocycles. The Morgan fingerprint density at radius 1 is 0.929 bits per heavy atom. The van der Waals surface area contributed by atoms with Gasteiger partial charge >= 0.3 is 5.97 Å². The van der Waals surface area contributed by atoms with Crippen LogP contribution in [0.1, 0.15) is 77.3 Å². The Hall–Kier alpha value is -3.58. The number of rotatable bonds is 8. The summed E-state index contributed by atoms with van der Waals surface area (Å²) in [6.07, 6.45) is 1.65. The summed E-state index contributed by atoms with van der Waals surface area (Å²) in [5.41, 5.74) is 3.27. The molecular formula is C34H38ClNO6. The number of nitrogens with zero attached hydrogens (tertiary/aromatic N) is 1. The van der Waals surface area contributed by atoms with Crippen LogP contribution in [0.3, 0.4) is 0 Å². The number of carboxylic acid groups (broad SMARTS) is 1. The van der Waals surface area contributed by atoms with Crippen LogP contribution >= 0.6 is 11.6 Å². The quantitative estimate of drug-likeness (QED) is 0.350. The van der Waals surface area contributed by atoms with Gasteiger partial charge in [-0.15, -0.1) is 0 Å². The molecule has 0 fully saturated rings. The van der Waals surface area contributed by atoms with Crippen molar-refractivity contribution in [3.05, 3.63) is 81.2 Å². The fourth-order valence-electron chi connectivity index (χ4n) is 6.59. The summed E-state index contributed by atoms with van der Waals surface area (Å²) in [7, 11) is 0. The second-order valence-electron chi connectivity index (χ2n) is 13.1. The van der Waals surface area contributed by atoms with Crippen LogP contribution < -0.4 is 9.47 Å². The summed E-state index contributed by atoms with van der Waals surface area (Å²) in [5, 5.41) is 10.2. The van der Waals surface area contributed by atoms with Crippen molar-refractivity contribution in [3.63, 3.8) is 0 Å². The highest BCUT2D eigenvalue weighted by Gasteiger charge is 2.49. The van der Waals surface area contributed by atoms with Crippen molar-refractivity contribution in [2.75, 3.05) is 13.2 Å². The molecule has 222 valence electrons. The lowest BCUT2D eigenvalue weighted by molar-refractivity contribution is -0.138. The minimum Gasteiger partial charge on any atom is -0.490 e. The van der Waals surface area contributed by atoms with Crippen molar-refractivity contribution < 1.29 is 29.0 Å². The summed E-state index contributed by atoms with van der Waals surface area (Å²) in [6, 6.07) is 13.3. The lowest BCUT2D eigenvalue weighted by Crippen LogP contribution is -2.45. The van der Waals surface area contributed by atoms with Crippen molar-refractivity contribution in [1.29, 1.82) is 0 Å². The number of carboxylic acids is 1. The molecule has 0 spiro atoms. The summed E-state index contributed by atoms with van der Waals surface area (Å²) >= 11 is 6.87. The van der Waals surface area contributed by atoms with E-state index in [1.807, 2.05) is 71.0 Å². The monoisotopic (exact) mass is 591 g/mol. The van der Waals surface area contributed by atoms with E-state index in [9.17, 15) is 19.5 Å². The molecule has 5 rings (SSSR count). The lowest BCUT2D eigenvalue weighted by Gasteiger charge is -2.48. The van der Waals surface area contributed by atoms with E-state index >= 15 is 0 Å². The van der Waals surface area contributed by atoms with Gasteiger partial charge in [-0.2, -0.15) is 0 Å². The number of halogens is 1. The van der Waals surface area contributed by atoms with E-state index in [1.54, 1.807) is 11.0 Å². The van der Waals surface area contributed by atoms with Crippen LogP contribution in [0, 0.1) is 10.8 Å². The topological polar surface area (TPSA) is 93.1 Å². The van der Waals surface area contributed by atoms with Gasteiger partial charge in [0.2, 0.25) is 0 Å². The van der Waals surface area contributed by atoms with Gasteiger partial charge in [0, 0.05) is 41.3 Å². The SMILES string of the molecule is CCOc1cc(C2C3=C(CC(C)(C)CC3=O)N(CC(=O)O)C3=C2C(=O)CC(C)(C)C3)cc(Cl)c1OCc1ccccc1. The van der Waals surface area contributed by atoms with E-state index in [0.29, 0.717) is 83.5 Å². The zero-order chi connectivity index (χ0) is 30.4. The zero-order valence-corrected chi connectivity index (χ0v) is 25.6. The molecule has 42 heavy (non-hydrogen) atoms. The number of hydrogen-bond acceptors (Lipinski definition) is 6. The highest BCUT2D eigenvalue weighted by atomic mass is 35.5. The van der Waals surface area contributed by atoms with Gasteiger partial charge in [-0.3, -0.25) is 14.4 Å². The highest BCUT2D eigenvalue weighted by molar-refractivity contribution is 6.32. The van der Waals surface area contributed by atoms with Crippen LogP contribution in [-0.4, -0.2) is 40.7 Å². The second kappa shape index (κ2) is 11.3. The first-order valence-electron chi connectivity index (χ1n) is 14.4. The molecule has 2 aromatic rings. The van der Waals surface area contributed by atoms with Gasteiger partial charge in [0.05, 0.1) is 11.6 Å². The molecule has 0 amide bonds. The first-order chi connectivity index (χ1) is 19.8. The maximum atomic E-state index is 13.9. The number of carbonyl (C=O) groups excluding carboxylic acids is 2. The molecule has 7 nitrogen and oxygen atoms in total. The van der Waals surface area contributed by atoms with Gasteiger partial charge in [0.1, 0.15) is 13.2 Å². The minimum absolute atomic E-state index is 0.0793. The van der Waals surface area contributed by atoms with Gasteiger partial charge in [0.15, 0.2) is 23.1 Å². The molecule has 0 radical (unpaired) electrons. The molecule has 0 atom stereocenters. The maximum absolute atomic E-state index is 13.9. The van der Waals surface area contributed by atoms with Crippen LogP contribution in [0.4, 0.5) is 0 Å². The number of ketones is 2. The number of Topliss-reactive ketones (excluding diaryl/α,β-unsaturated/α-hetero) is 2. The van der Waals surface area contributed by atoms with E-state index in [1.165, 1.54) is 0 Å². The first-order valence-corrected chi connectivity index (χ1v) is 14.8. The molecule has 0 bridgehead atoms. The van der Waals surface area contributed by atoms with Crippen LogP contribution in [0.25, 0.3) is 0 Å². The Kier molecular flexibility index (Phi) is 8.01. The Bertz CT molecular complexity index is 1450. The van der Waals surface area contributed by atoms with Crippen molar-refractivity contribution >= 4 is 29.1 Å². The van der Waals surface area contributed by atoms with Crippen LogP contribution in [0.15, 0.2) is 65.0 Å². The van der Waals surface area contributed by atoms with Crippen molar-refractivity contribution in [1.82, 2.24) is 4.90 Å². The zero-order valence-electron chi connectivity index (χ0n) is 24.9. The normalized spacial score (nSPS) is 19.9. The Labute approximate surface area is 252 Å². The predicted octanol–water partition coefficient (Wildman–Crippen LogP) is 7.09. The van der Waals surface area contributed by atoms with Gasteiger partial charge in [-0.05, 0) is 53.9 Å². The van der Waals surface area contributed by atoms with Gasteiger partial charge in [-0.1, -0.05) is 69.6 Å². The van der Waals surface area contributed by atoms with Crippen LogP contribution in [0.2, 0.25) is 5.02 Å². The third kappa shape index (κ3) is 5.84. The van der Waals surface area contributed by atoms with E-state index in [4.69, 9.17) is 21.1 Å². The van der Waals surface area contributed by atoms with Gasteiger partial charge in [0.25, 0.3) is 0 Å². The fourth-order valence-corrected chi connectivity index (χ4v) is 6.87. The Balaban J connectivity index is 1.69. The molecule has 0 saturated heterocycles. The third-order valence-corrected chi connectivity index (χ3v) is 8.49. The van der Waals surface area contributed by atoms with Crippen molar-refractivity contribution in [3.8, 4) is 11.5 Å². The smallest absolute Gasteiger partial charge is 0.323 e. The van der Waals surface area contributed by atoms with Crippen LogP contribution in [-0.2, 0) is 21.0 Å². The van der Waals surface area contributed by atoms with Gasteiger partial charge < -0.3 is 19.5 Å². The van der Waals surface area contributed by atoms with E-state index in [0.717, 1.165) is 5.56 Å². The molecule has 0 aromatic heterocycles. The second-order valence-corrected chi connectivity index (χ2v) is 13.5. The average Bonchev–Trinajstić information content (AvgIpc) is 2.88. The fraction of sp³-hybridized carbons (Fsp3) is 0.441. The van der Waals surface area contributed by atoms with Crippen molar-refractivity contribution in [2.24, 2.45) is 10.8 Å². The molecular weight excluding hydrogens is 554 g/mol. The molecule has 1 heterocycles. The largest absolute Gasteiger partial charge is 0.490 e. The average molecular weight is 592 g/mol. The predicted molar refractivity (Wildman–Crippen MR) is 161 cm³/mol. The molecule has 2 aliphatic carbocycles. The minimum atomic E-state index is -1.01. The van der Waals surface area contributed by atoms with Crippen LogP contribution in [0.5, 0.6) is 11.5 Å². The Morgan fingerprint density at radius 3 is 2.02 bits per heavy atom. The molecule has 2 aromatic carbocycles. The molecule has 3 aliphatic rings. The molecule has 0 saturated carbocycles. The number of hydrogen-bond donors (Lipinski definition) is 1. The Morgan fingerprint density at radius 2 is 1.50 bits per heavy atom.